The van der Waals surface area contributed by atoms with Gasteiger partial charge in [-0.25, -0.2) is 4.98 Å². The maximum absolute atomic E-state index is 5.58. The highest BCUT2D eigenvalue weighted by atomic mass is 35.5. The lowest BCUT2D eigenvalue weighted by Gasteiger charge is -2.30. The van der Waals surface area contributed by atoms with Crippen LogP contribution in [0.3, 0.4) is 0 Å². The van der Waals surface area contributed by atoms with Crippen LogP contribution >= 0.6 is 12.4 Å². The first-order valence-corrected chi connectivity index (χ1v) is 5.54. The van der Waals surface area contributed by atoms with Crippen LogP contribution < -0.4 is 5.32 Å². The standard InChI is InChI=1S/C11H19N3O.ClH/c1-8-6-14(5-4-12-8)7-11-13-9(2)10(3)15-11;/h8,12H,4-7H2,1-3H3;1H/t8-;/m1./s1. The third-order valence-corrected chi connectivity index (χ3v) is 2.88. The van der Waals surface area contributed by atoms with Crippen molar-refractivity contribution in [1.29, 1.82) is 0 Å². The normalized spacial score (nSPS) is 21.8. The van der Waals surface area contributed by atoms with Crippen LogP contribution in [0.5, 0.6) is 0 Å². The number of nitrogens with one attached hydrogen (secondary N) is 1. The molecule has 5 heteroatoms. The van der Waals surface area contributed by atoms with E-state index in [0.717, 1.165) is 43.5 Å². The zero-order chi connectivity index (χ0) is 10.8. The summed E-state index contributed by atoms with van der Waals surface area (Å²) >= 11 is 0. The maximum atomic E-state index is 5.58. The van der Waals surface area contributed by atoms with E-state index in [2.05, 4.69) is 22.1 Å². The fourth-order valence-electron chi connectivity index (χ4n) is 1.95. The van der Waals surface area contributed by atoms with Crippen molar-refractivity contribution in [1.82, 2.24) is 15.2 Å². The minimum Gasteiger partial charge on any atom is -0.444 e. The molecule has 0 aliphatic carbocycles. The number of aryl methyl sites for hydroxylation is 2. The van der Waals surface area contributed by atoms with Gasteiger partial charge >= 0.3 is 0 Å². The molecule has 1 aromatic rings. The molecule has 0 aromatic carbocycles. The van der Waals surface area contributed by atoms with Crippen LogP contribution in [0.1, 0.15) is 24.3 Å². The predicted molar refractivity (Wildman–Crippen MR) is 66.0 cm³/mol. The fourth-order valence-corrected chi connectivity index (χ4v) is 1.95. The van der Waals surface area contributed by atoms with Crippen molar-refractivity contribution in [2.24, 2.45) is 0 Å². The van der Waals surface area contributed by atoms with Gasteiger partial charge in [-0.05, 0) is 20.8 Å². The quantitative estimate of drug-likeness (QED) is 0.858. The van der Waals surface area contributed by atoms with Crippen molar-refractivity contribution in [2.75, 3.05) is 19.6 Å². The van der Waals surface area contributed by atoms with Gasteiger partial charge in [0.05, 0.1) is 12.2 Å². The number of aromatic nitrogens is 1. The molecule has 0 radical (unpaired) electrons. The van der Waals surface area contributed by atoms with Crippen LogP contribution in [0.2, 0.25) is 0 Å². The molecule has 1 aromatic heterocycles. The van der Waals surface area contributed by atoms with Crippen molar-refractivity contribution in [3.05, 3.63) is 17.3 Å². The van der Waals surface area contributed by atoms with Gasteiger partial charge in [0.25, 0.3) is 0 Å². The first-order valence-electron chi connectivity index (χ1n) is 5.54. The summed E-state index contributed by atoms with van der Waals surface area (Å²) in [5, 5.41) is 3.42. The summed E-state index contributed by atoms with van der Waals surface area (Å²) < 4.78 is 5.58. The molecule has 0 spiro atoms. The Balaban J connectivity index is 0.00000128. The van der Waals surface area contributed by atoms with Gasteiger partial charge in [-0.15, -0.1) is 12.4 Å². The summed E-state index contributed by atoms with van der Waals surface area (Å²) in [7, 11) is 0. The average molecular weight is 246 g/mol. The first kappa shape index (κ1) is 13.5. The lowest BCUT2D eigenvalue weighted by atomic mass is 10.2. The van der Waals surface area contributed by atoms with Gasteiger partial charge in [0.1, 0.15) is 5.76 Å². The summed E-state index contributed by atoms with van der Waals surface area (Å²) in [5.41, 5.74) is 1.01. The highest BCUT2D eigenvalue weighted by Gasteiger charge is 2.17. The number of rotatable bonds is 2. The smallest absolute Gasteiger partial charge is 0.208 e. The molecule has 16 heavy (non-hydrogen) atoms. The Morgan fingerprint density at radius 1 is 1.50 bits per heavy atom. The van der Waals surface area contributed by atoms with Gasteiger partial charge in [-0.2, -0.15) is 0 Å². The lowest BCUT2D eigenvalue weighted by Crippen LogP contribution is -2.48. The second-order valence-electron chi connectivity index (χ2n) is 4.34. The summed E-state index contributed by atoms with van der Waals surface area (Å²) in [6, 6.07) is 0.566. The van der Waals surface area contributed by atoms with Gasteiger partial charge in [0.15, 0.2) is 0 Å². The van der Waals surface area contributed by atoms with E-state index in [9.17, 15) is 0 Å². The van der Waals surface area contributed by atoms with Crippen LogP contribution in [0, 0.1) is 13.8 Å². The number of halogens is 1. The Hall–Kier alpha value is -0.580. The van der Waals surface area contributed by atoms with Crippen molar-refractivity contribution in [3.63, 3.8) is 0 Å². The summed E-state index contributed by atoms with van der Waals surface area (Å²) in [6.07, 6.45) is 0. The van der Waals surface area contributed by atoms with Crippen molar-refractivity contribution >= 4 is 12.4 Å². The molecule has 0 saturated carbocycles. The lowest BCUT2D eigenvalue weighted by molar-refractivity contribution is 0.183. The van der Waals surface area contributed by atoms with E-state index in [1.165, 1.54) is 0 Å². The Morgan fingerprint density at radius 2 is 2.25 bits per heavy atom. The fraction of sp³-hybridized carbons (Fsp3) is 0.727. The molecule has 2 rings (SSSR count). The number of hydrogen-bond acceptors (Lipinski definition) is 4. The third kappa shape index (κ3) is 3.20. The second kappa shape index (κ2) is 5.66. The molecular weight excluding hydrogens is 226 g/mol. The molecule has 0 bridgehead atoms. The van der Waals surface area contributed by atoms with Crippen molar-refractivity contribution in [2.45, 2.75) is 33.4 Å². The molecular formula is C11H20ClN3O. The van der Waals surface area contributed by atoms with E-state index in [4.69, 9.17) is 4.42 Å². The first-order chi connectivity index (χ1) is 7.15. The topological polar surface area (TPSA) is 41.3 Å². The molecule has 2 heterocycles. The molecule has 4 nitrogen and oxygen atoms in total. The molecule has 1 N–H and O–H groups in total. The summed E-state index contributed by atoms with van der Waals surface area (Å²) in [5.74, 6) is 1.78. The van der Waals surface area contributed by atoms with E-state index in [1.807, 2.05) is 13.8 Å². The van der Waals surface area contributed by atoms with E-state index in [0.29, 0.717) is 6.04 Å². The van der Waals surface area contributed by atoms with Crippen LogP contribution in [0.15, 0.2) is 4.42 Å². The Bertz CT molecular complexity index is 320. The zero-order valence-corrected chi connectivity index (χ0v) is 10.9. The molecule has 1 saturated heterocycles. The number of nitrogens with zero attached hydrogens (tertiary/aromatic N) is 2. The predicted octanol–water partition coefficient (Wildman–Crippen LogP) is 1.51. The molecule has 1 atom stereocenters. The second-order valence-corrected chi connectivity index (χ2v) is 4.34. The Morgan fingerprint density at radius 3 is 2.81 bits per heavy atom. The van der Waals surface area contributed by atoms with Crippen LogP contribution in [-0.4, -0.2) is 35.6 Å². The van der Waals surface area contributed by atoms with Gasteiger partial charge in [-0.3, -0.25) is 4.90 Å². The number of hydrogen-bond donors (Lipinski definition) is 1. The minimum atomic E-state index is 0. The van der Waals surface area contributed by atoms with Gasteiger partial charge in [0.2, 0.25) is 5.89 Å². The van der Waals surface area contributed by atoms with E-state index in [1.54, 1.807) is 0 Å². The minimum absolute atomic E-state index is 0. The molecule has 1 aliphatic rings. The van der Waals surface area contributed by atoms with Gasteiger partial charge in [0, 0.05) is 25.7 Å². The van der Waals surface area contributed by atoms with E-state index < -0.39 is 0 Å². The van der Waals surface area contributed by atoms with Gasteiger partial charge in [-0.1, -0.05) is 0 Å². The monoisotopic (exact) mass is 245 g/mol. The van der Waals surface area contributed by atoms with Crippen LogP contribution in [0.25, 0.3) is 0 Å². The van der Waals surface area contributed by atoms with E-state index in [-0.39, 0.29) is 12.4 Å². The van der Waals surface area contributed by atoms with Crippen molar-refractivity contribution < 1.29 is 4.42 Å². The van der Waals surface area contributed by atoms with Crippen LogP contribution in [-0.2, 0) is 6.54 Å². The SMILES string of the molecule is Cc1nc(CN2CCN[C@H](C)C2)oc1C.Cl. The summed E-state index contributed by atoms with van der Waals surface area (Å²) in [6.45, 7) is 10.2. The highest BCUT2D eigenvalue weighted by Crippen LogP contribution is 2.11. The highest BCUT2D eigenvalue weighted by molar-refractivity contribution is 5.85. The summed E-state index contributed by atoms with van der Waals surface area (Å²) in [4.78, 5) is 6.78. The third-order valence-electron chi connectivity index (χ3n) is 2.88. The molecule has 1 aliphatic heterocycles. The molecule has 92 valence electrons. The zero-order valence-electron chi connectivity index (χ0n) is 10.1. The Kier molecular flexibility index (Phi) is 4.77. The largest absolute Gasteiger partial charge is 0.444 e. The van der Waals surface area contributed by atoms with Crippen LogP contribution in [0.4, 0.5) is 0 Å². The Labute approximate surface area is 103 Å². The van der Waals surface area contributed by atoms with E-state index >= 15 is 0 Å². The average Bonchev–Trinajstić information content (AvgIpc) is 2.45. The molecule has 0 unspecified atom stereocenters. The number of piperazine rings is 1. The van der Waals surface area contributed by atoms with Crippen molar-refractivity contribution in [3.8, 4) is 0 Å². The number of oxazole rings is 1. The van der Waals surface area contributed by atoms with Gasteiger partial charge < -0.3 is 9.73 Å². The molecule has 1 fully saturated rings. The molecule has 0 amide bonds. The maximum Gasteiger partial charge on any atom is 0.208 e.